The lowest BCUT2D eigenvalue weighted by Gasteiger charge is -2.10. The number of hydrogen-bond donors (Lipinski definition) is 2. The van der Waals surface area contributed by atoms with E-state index in [0.29, 0.717) is 9.13 Å². The Balaban J connectivity index is 2.49. The molecular weight excluding hydrogens is 377 g/mol. The molecule has 0 bridgehead atoms. The zero-order chi connectivity index (χ0) is 14.7. The predicted molar refractivity (Wildman–Crippen MR) is 81.2 cm³/mol. The van der Waals surface area contributed by atoms with Crippen LogP contribution in [0, 0.1) is 13.7 Å². The number of halogens is 1. The van der Waals surface area contributed by atoms with Crippen molar-refractivity contribution in [1.29, 1.82) is 0 Å². The van der Waals surface area contributed by atoms with Gasteiger partial charge in [-0.05, 0) is 22.6 Å². The number of nitrogens with two attached hydrogens (primary N) is 1. The summed E-state index contributed by atoms with van der Waals surface area (Å²) in [5, 5.41) is 10.9. The number of benzene rings is 1. The van der Waals surface area contributed by atoms with Crippen molar-refractivity contribution in [2.75, 3.05) is 5.43 Å². The lowest BCUT2D eigenvalue weighted by Crippen LogP contribution is -2.24. The summed E-state index contributed by atoms with van der Waals surface area (Å²) in [5.41, 5.74) is 2.68. The van der Waals surface area contributed by atoms with Crippen molar-refractivity contribution in [3.05, 3.63) is 60.3 Å². The average molecular weight is 387 g/mol. The minimum atomic E-state index is -0.533. The largest absolute Gasteiger partial charge is 0.318 e. The van der Waals surface area contributed by atoms with Gasteiger partial charge in [-0.2, -0.15) is 0 Å². The molecule has 0 atom stereocenters. The van der Waals surface area contributed by atoms with Crippen LogP contribution in [0.2, 0.25) is 0 Å². The summed E-state index contributed by atoms with van der Waals surface area (Å²) < 4.78 is 1.83. The number of rotatable bonds is 4. The van der Waals surface area contributed by atoms with Crippen molar-refractivity contribution in [3.8, 4) is 0 Å². The van der Waals surface area contributed by atoms with Gasteiger partial charge in [0.1, 0.15) is 5.69 Å². The van der Waals surface area contributed by atoms with Crippen molar-refractivity contribution in [3.63, 3.8) is 0 Å². The third-order valence-corrected chi connectivity index (χ3v) is 3.41. The minimum absolute atomic E-state index is 0.142. The summed E-state index contributed by atoms with van der Waals surface area (Å²) >= 11 is 1.88. The zero-order valence-corrected chi connectivity index (χ0v) is 12.3. The number of nitro benzene ring substituents is 1. The molecule has 0 aliphatic heterocycles. The third-order valence-electron chi connectivity index (χ3n) is 2.67. The highest BCUT2D eigenvalue weighted by molar-refractivity contribution is 14.1. The van der Waals surface area contributed by atoms with Crippen molar-refractivity contribution >= 4 is 34.0 Å². The van der Waals surface area contributed by atoms with E-state index in [1.54, 1.807) is 12.1 Å². The zero-order valence-electron chi connectivity index (χ0n) is 10.1. The van der Waals surface area contributed by atoms with E-state index in [9.17, 15) is 14.9 Å². The molecule has 1 aromatic carbocycles. The highest BCUT2D eigenvalue weighted by atomic mass is 127. The molecule has 0 fully saturated rings. The Bertz CT molecular complexity index is 715. The highest BCUT2D eigenvalue weighted by Crippen LogP contribution is 2.27. The first-order valence-electron chi connectivity index (χ1n) is 5.47. The molecule has 0 unspecified atom stereocenters. The number of nitrogens with one attached hydrogen (secondary N) is 1. The summed E-state index contributed by atoms with van der Waals surface area (Å²) in [6, 6.07) is 4.55. The molecule has 1 heterocycles. The van der Waals surface area contributed by atoms with Crippen molar-refractivity contribution in [1.82, 2.24) is 9.55 Å². The van der Waals surface area contributed by atoms with Gasteiger partial charge in [0, 0.05) is 17.8 Å². The molecule has 3 N–H and O–H groups in total. The van der Waals surface area contributed by atoms with Gasteiger partial charge in [0.2, 0.25) is 0 Å². The first-order chi connectivity index (χ1) is 9.54. The van der Waals surface area contributed by atoms with Gasteiger partial charge in [-0.1, -0.05) is 12.1 Å². The Labute approximate surface area is 126 Å². The molecule has 0 aliphatic rings. The smallest absolute Gasteiger partial charge is 0.293 e. The molecule has 20 heavy (non-hydrogen) atoms. The summed E-state index contributed by atoms with van der Waals surface area (Å²) in [5.74, 6) is 5.35. The number of anilines is 1. The molecule has 0 aliphatic carbocycles. The van der Waals surface area contributed by atoms with E-state index in [4.69, 9.17) is 5.84 Å². The second kappa shape index (κ2) is 5.96. The second-order valence-electron chi connectivity index (χ2n) is 3.89. The molecule has 2 aromatic rings. The van der Waals surface area contributed by atoms with E-state index in [1.165, 1.54) is 23.2 Å². The molecule has 0 spiro atoms. The molecule has 0 saturated heterocycles. The average Bonchev–Trinajstić information content (AvgIpc) is 2.43. The molecule has 104 valence electrons. The van der Waals surface area contributed by atoms with Gasteiger partial charge in [-0.15, -0.1) is 0 Å². The quantitative estimate of drug-likeness (QED) is 0.351. The van der Waals surface area contributed by atoms with Gasteiger partial charge < -0.3 is 5.43 Å². The van der Waals surface area contributed by atoms with E-state index in [2.05, 4.69) is 10.4 Å². The fourth-order valence-corrected chi connectivity index (χ4v) is 2.23. The van der Waals surface area contributed by atoms with Crippen molar-refractivity contribution in [2.45, 2.75) is 6.54 Å². The highest BCUT2D eigenvalue weighted by Gasteiger charge is 2.17. The van der Waals surface area contributed by atoms with Gasteiger partial charge in [-0.25, -0.2) is 4.98 Å². The van der Waals surface area contributed by atoms with Crippen molar-refractivity contribution in [2.24, 2.45) is 5.84 Å². The molecule has 1 aromatic heterocycles. The van der Waals surface area contributed by atoms with Gasteiger partial charge in [0.05, 0.1) is 21.4 Å². The van der Waals surface area contributed by atoms with E-state index >= 15 is 0 Å². The fraction of sp³-hybridized carbons (Fsp3) is 0.0909. The number of hydrazine groups is 1. The molecule has 9 heteroatoms. The normalized spacial score (nSPS) is 10.3. The topological polar surface area (TPSA) is 116 Å². The molecule has 0 amide bonds. The molecule has 8 nitrogen and oxygen atoms in total. The number of para-hydroxylation sites is 1. The van der Waals surface area contributed by atoms with E-state index in [-0.39, 0.29) is 23.5 Å². The molecule has 2 rings (SSSR count). The van der Waals surface area contributed by atoms with Gasteiger partial charge in [0.15, 0.2) is 0 Å². The van der Waals surface area contributed by atoms with Crippen LogP contribution in [0.4, 0.5) is 11.4 Å². The lowest BCUT2D eigenvalue weighted by atomic mass is 10.1. The summed E-state index contributed by atoms with van der Waals surface area (Å²) in [7, 11) is 0. The maximum atomic E-state index is 11.9. The monoisotopic (exact) mass is 387 g/mol. The van der Waals surface area contributed by atoms with Crippen molar-refractivity contribution < 1.29 is 4.92 Å². The molecular formula is C11H10IN5O3. The van der Waals surface area contributed by atoms with Gasteiger partial charge in [0.25, 0.3) is 11.2 Å². The van der Waals surface area contributed by atoms with Gasteiger partial charge >= 0.3 is 0 Å². The van der Waals surface area contributed by atoms with Crippen LogP contribution in [-0.4, -0.2) is 14.5 Å². The number of nitrogen functional groups attached to an aromatic ring is 1. The number of nitro groups is 1. The minimum Gasteiger partial charge on any atom is -0.318 e. The van der Waals surface area contributed by atoms with Crippen LogP contribution in [-0.2, 0) is 6.54 Å². The van der Waals surface area contributed by atoms with Gasteiger partial charge in [-0.3, -0.25) is 25.3 Å². The summed E-state index contributed by atoms with van der Waals surface area (Å²) in [6.07, 6.45) is 2.83. The third kappa shape index (κ3) is 2.77. The fourth-order valence-electron chi connectivity index (χ4n) is 1.76. The van der Waals surface area contributed by atoms with E-state index < -0.39 is 4.92 Å². The van der Waals surface area contributed by atoms with Crippen LogP contribution in [0.3, 0.4) is 0 Å². The van der Waals surface area contributed by atoms with Crippen LogP contribution >= 0.6 is 22.6 Å². The molecule has 0 radical (unpaired) electrons. The SMILES string of the molecule is NNc1c(Cn2cncc(I)c2=O)cccc1[N+](=O)[O-]. The Morgan fingerprint density at radius 1 is 1.50 bits per heavy atom. The first-order valence-corrected chi connectivity index (χ1v) is 6.55. The Hall–Kier alpha value is -2.01. The number of nitrogens with zero attached hydrogens (tertiary/aromatic N) is 3. The summed E-state index contributed by atoms with van der Waals surface area (Å²) in [4.78, 5) is 26.2. The molecule has 0 saturated carbocycles. The lowest BCUT2D eigenvalue weighted by molar-refractivity contribution is -0.384. The summed E-state index contributed by atoms with van der Waals surface area (Å²) in [6.45, 7) is 0.143. The number of aromatic nitrogens is 2. The van der Waals surface area contributed by atoms with Crippen LogP contribution in [0.5, 0.6) is 0 Å². The van der Waals surface area contributed by atoms with Crippen LogP contribution in [0.1, 0.15) is 5.56 Å². The maximum Gasteiger partial charge on any atom is 0.293 e. The Kier molecular flexibility index (Phi) is 4.29. The Morgan fingerprint density at radius 2 is 2.25 bits per heavy atom. The van der Waals surface area contributed by atoms with Crippen LogP contribution < -0.4 is 16.8 Å². The van der Waals surface area contributed by atoms with Crippen LogP contribution in [0.25, 0.3) is 0 Å². The standard InChI is InChI=1S/C11H10IN5O3/c12-8-4-14-6-16(11(8)18)5-7-2-1-3-9(17(19)20)10(7)15-13/h1-4,6,15H,5,13H2. The predicted octanol–water partition coefficient (Wildman–Crippen LogP) is 1.09. The van der Waals surface area contributed by atoms with Crippen LogP contribution in [0.15, 0.2) is 35.5 Å². The second-order valence-corrected chi connectivity index (χ2v) is 5.05. The maximum absolute atomic E-state index is 11.9. The first kappa shape index (κ1) is 14.4. The van der Waals surface area contributed by atoms with E-state index in [0.717, 1.165) is 0 Å². The Morgan fingerprint density at radius 3 is 2.90 bits per heavy atom. The van der Waals surface area contributed by atoms with E-state index in [1.807, 2.05) is 22.6 Å². The number of hydrogen-bond acceptors (Lipinski definition) is 6.